The van der Waals surface area contributed by atoms with E-state index in [1.807, 2.05) is 24.3 Å². The number of nitrogens with one attached hydrogen (secondary N) is 1. The van der Waals surface area contributed by atoms with E-state index in [1.54, 1.807) is 7.11 Å². The second-order valence-electron chi connectivity index (χ2n) is 5.80. The molecule has 0 aliphatic carbocycles. The van der Waals surface area contributed by atoms with E-state index in [0.717, 1.165) is 35.3 Å². The van der Waals surface area contributed by atoms with Crippen LogP contribution >= 0.6 is 11.8 Å². The van der Waals surface area contributed by atoms with Crippen LogP contribution in [0, 0.1) is 5.92 Å². The molecule has 23 heavy (non-hydrogen) atoms. The molecular formula is C17H21N3O2S. The van der Waals surface area contributed by atoms with Crippen LogP contribution in [0.15, 0.2) is 39.9 Å². The third-order valence-corrected chi connectivity index (χ3v) is 4.97. The monoisotopic (exact) mass is 331 g/mol. The van der Waals surface area contributed by atoms with Crippen LogP contribution in [0.4, 0.5) is 5.69 Å². The number of methoxy groups -OCH3 is 1. The fourth-order valence-electron chi connectivity index (χ4n) is 2.83. The number of carbonyl (C=O) groups is 1. The summed E-state index contributed by atoms with van der Waals surface area (Å²) in [4.78, 5) is 20.3. The average molecular weight is 331 g/mol. The Balaban J connectivity index is 1.89. The Kier molecular flexibility index (Phi) is 4.61. The van der Waals surface area contributed by atoms with E-state index < -0.39 is 0 Å². The lowest BCUT2D eigenvalue weighted by Gasteiger charge is -2.27. The third-order valence-electron chi connectivity index (χ3n) is 3.84. The van der Waals surface area contributed by atoms with E-state index in [9.17, 15) is 4.79 Å². The minimum atomic E-state index is -0.0969. The second-order valence-corrected chi connectivity index (χ2v) is 6.77. The van der Waals surface area contributed by atoms with Crippen LogP contribution in [0.5, 0.6) is 5.75 Å². The Morgan fingerprint density at radius 3 is 2.91 bits per heavy atom. The number of aliphatic imine (C=N–C) groups is 1. The molecule has 6 heteroatoms. The number of allylic oxidation sites excluding steroid dienone is 1. The molecule has 0 saturated heterocycles. The first-order valence-electron chi connectivity index (χ1n) is 7.80. The maximum absolute atomic E-state index is 12.8. The van der Waals surface area contributed by atoms with Crippen LogP contribution in [0.3, 0.4) is 0 Å². The number of ether oxygens (including phenoxy) is 1. The van der Waals surface area contributed by atoms with Crippen molar-refractivity contribution in [1.29, 1.82) is 0 Å². The highest BCUT2D eigenvalue weighted by Crippen LogP contribution is 2.40. The number of nitrogens with zero attached hydrogens (tertiary/aromatic N) is 2. The van der Waals surface area contributed by atoms with E-state index in [2.05, 4.69) is 29.1 Å². The van der Waals surface area contributed by atoms with Crippen molar-refractivity contribution >= 4 is 28.5 Å². The minimum absolute atomic E-state index is 0.0969. The topological polar surface area (TPSA) is 53.9 Å². The van der Waals surface area contributed by atoms with Gasteiger partial charge in [-0.3, -0.25) is 9.79 Å². The fraction of sp³-hybridized carbons (Fsp3) is 0.412. The molecular weight excluding hydrogens is 310 g/mol. The van der Waals surface area contributed by atoms with Gasteiger partial charge in [-0.25, -0.2) is 0 Å². The number of thioether (sulfide) groups is 1. The first-order valence-corrected chi connectivity index (χ1v) is 8.62. The van der Waals surface area contributed by atoms with Gasteiger partial charge >= 0.3 is 0 Å². The quantitative estimate of drug-likeness (QED) is 0.920. The average Bonchev–Trinajstić information content (AvgIpc) is 2.95. The van der Waals surface area contributed by atoms with Crippen LogP contribution in [0.1, 0.15) is 20.3 Å². The Morgan fingerprint density at radius 1 is 1.39 bits per heavy atom. The number of hydrogen-bond acceptors (Lipinski definition) is 5. The summed E-state index contributed by atoms with van der Waals surface area (Å²) < 4.78 is 5.31. The summed E-state index contributed by atoms with van der Waals surface area (Å²) in [6.45, 7) is 6.00. The number of fused-ring (bicyclic) bond motifs is 1. The number of amides is 1. The zero-order valence-corrected chi connectivity index (χ0v) is 14.4. The van der Waals surface area contributed by atoms with Crippen LogP contribution in [-0.2, 0) is 4.79 Å². The number of rotatable bonds is 4. The summed E-state index contributed by atoms with van der Waals surface area (Å²) >= 11 is 1.47. The second kappa shape index (κ2) is 6.66. The number of para-hydroxylation sites is 2. The summed E-state index contributed by atoms with van der Waals surface area (Å²) in [7, 11) is 1.60. The molecule has 1 aromatic rings. The van der Waals surface area contributed by atoms with Crippen molar-refractivity contribution in [1.82, 2.24) is 4.90 Å². The molecule has 0 unspecified atom stereocenters. The van der Waals surface area contributed by atoms with Crippen molar-refractivity contribution < 1.29 is 9.53 Å². The van der Waals surface area contributed by atoms with Crippen molar-refractivity contribution in [2.75, 3.05) is 25.5 Å². The van der Waals surface area contributed by atoms with Crippen molar-refractivity contribution in [3.8, 4) is 5.75 Å². The molecule has 3 rings (SSSR count). The first-order chi connectivity index (χ1) is 11.1. The Morgan fingerprint density at radius 2 is 2.17 bits per heavy atom. The highest BCUT2D eigenvalue weighted by molar-refractivity contribution is 8.18. The zero-order chi connectivity index (χ0) is 16.4. The summed E-state index contributed by atoms with van der Waals surface area (Å²) in [6, 6.07) is 7.44. The van der Waals surface area contributed by atoms with Gasteiger partial charge in [-0.2, -0.15) is 0 Å². The smallest absolute Gasteiger partial charge is 0.264 e. The molecule has 0 radical (unpaired) electrons. The van der Waals surface area contributed by atoms with E-state index in [-0.39, 0.29) is 11.8 Å². The molecule has 1 amide bonds. The fourth-order valence-corrected chi connectivity index (χ4v) is 4.06. The van der Waals surface area contributed by atoms with Gasteiger partial charge in [-0.15, -0.1) is 0 Å². The molecule has 0 saturated carbocycles. The molecule has 1 N–H and O–H groups in total. The number of benzene rings is 1. The summed E-state index contributed by atoms with van der Waals surface area (Å²) in [5.74, 6) is 0.831. The molecule has 2 heterocycles. The van der Waals surface area contributed by atoms with Crippen molar-refractivity contribution in [2.45, 2.75) is 20.3 Å². The van der Waals surface area contributed by atoms with Crippen molar-refractivity contribution in [3.05, 3.63) is 34.9 Å². The number of hydrogen-bond donors (Lipinski definition) is 1. The Hall–Kier alpha value is -1.95. The highest BCUT2D eigenvalue weighted by atomic mass is 32.2. The van der Waals surface area contributed by atoms with Gasteiger partial charge < -0.3 is 15.0 Å². The first kappa shape index (κ1) is 15.9. The van der Waals surface area contributed by atoms with Gasteiger partial charge in [0.25, 0.3) is 5.91 Å². The molecule has 2 aliphatic rings. The Bertz CT molecular complexity index is 682. The molecule has 1 aromatic carbocycles. The van der Waals surface area contributed by atoms with Gasteiger partial charge in [0.1, 0.15) is 10.7 Å². The number of amidine groups is 1. The molecule has 0 spiro atoms. The lowest BCUT2D eigenvalue weighted by Crippen LogP contribution is -2.31. The van der Waals surface area contributed by atoms with Crippen molar-refractivity contribution in [3.63, 3.8) is 0 Å². The van der Waals surface area contributed by atoms with Crippen LogP contribution < -0.4 is 10.1 Å². The summed E-state index contributed by atoms with van der Waals surface area (Å²) in [5.41, 5.74) is 1.75. The summed E-state index contributed by atoms with van der Waals surface area (Å²) in [6.07, 6.45) is 1.03. The van der Waals surface area contributed by atoms with Gasteiger partial charge in [0.2, 0.25) is 0 Å². The normalized spacial score (nSPS) is 17.2. The molecule has 0 bridgehead atoms. The van der Waals surface area contributed by atoms with Crippen LogP contribution in [0.25, 0.3) is 0 Å². The third kappa shape index (κ3) is 3.08. The van der Waals surface area contributed by atoms with Crippen LogP contribution in [-0.4, -0.2) is 36.2 Å². The van der Waals surface area contributed by atoms with Crippen molar-refractivity contribution in [2.24, 2.45) is 10.9 Å². The summed E-state index contributed by atoms with van der Waals surface area (Å²) in [5, 5.41) is 3.92. The molecule has 0 fully saturated rings. The number of anilines is 1. The standard InChI is InChI=1S/C17H21N3O2S/c1-11(2)14-15(23-17-18-9-6-10-20(14)17)16(21)19-12-7-4-5-8-13(12)22-3/h4-5,7-8,11H,6,9-10H2,1-3H3,(H,19,21). The Labute approximate surface area is 140 Å². The largest absolute Gasteiger partial charge is 0.495 e. The SMILES string of the molecule is COc1ccccc1NC(=O)C1=C(C(C)C)N2CCCN=C2S1. The van der Waals surface area contributed by atoms with Gasteiger partial charge in [-0.05, 0) is 36.2 Å². The van der Waals surface area contributed by atoms with Gasteiger partial charge in [-0.1, -0.05) is 26.0 Å². The molecule has 2 aliphatic heterocycles. The number of carbonyl (C=O) groups excluding carboxylic acids is 1. The van der Waals surface area contributed by atoms with Gasteiger partial charge in [0, 0.05) is 18.8 Å². The van der Waals surface area contributed by atoms with Gasteiger partial charge in [0.15, 0.2) is 5.17 Å². The maximum atomic E-state index is 12.8. The minimum Gasteiger partial charge on any atom is -0.495 e. The molecule has 0 atom stereocenters. The van der Waals surface area contributed by atoms with E-state index in [4.69, 9.17) is 4.74 Å². The highest BCUT2D eigenvalue weighted by Gasteiger charge is 2.35. The molecule has 0 aromatic heterocycles. The zero-order valence-electron chi connectivity index (χ0n) is 13.6. The maximum Gasteiger partial charge on any atom is 0.264 e. The molecule has 5 nitrogen and oxygen atoms in total. The van der Waals surface area contributed by atoms with Crippen LogP contribution in [0.2, 0.25) is 0 Å². The van der Waals surface area contributed by atoms with Gasteiger partial charge in [0.05, 0.1) is 12.8 Å². The van der Waals surface area contributed by atoms with E-state index in [0.29, 0.717) is 11.4 Å². The predicted molar refractivity (Wildman–Crippen MR) is 94.7 cm³/mol. The van der Waals surface area contributed by atoms with E-state index >= 15 is 0 Å². The van der Waals surface area contributed by atoms with E-state index in [1.165, 1.54) is 11.8 Å². The lowest BCUT2D eigenvalue weighted by molar-refractivity contribution is -0.112. The predicted octanol–water partition coefficient (Wildman–Crippen LogP) is 3.31. The lowest BCUT2D eigenvalue weighted by atomic mass is 10.1. The molecule has 122 valence electrons.